The highest BCUT2D eigenvalue weighted by Crippen LogP contribution is 2.16. The van der Waals surface area contributed by atoms with Gasteiger partial charge in [0.15, 0.2) is 0 Å². The molecule has 0 aromatic heterocycles. The second-order valence-corrected chi connectivity index (χ2v) is 4.66. The van der Waals surface area contributed by atoms with E-state index in [0.29, 0.717) is 11.5 Å². The number of hydrogen-bond donors (Lipinski definition) is 0. The van der Waals surface area contributed by atoms with Crippen LogP contribution in [-0.4, -0.2) is 18.2 Å². The minimum atomic E-state index is -2.15. The minimum Gasteiger partial charge on any atom is -0.458 e. The van der Waals surface area contributed by atoms with Crippen LogP contribution in [0.1, 0.15) is 42.6 Å². The highest BCUT2D eigenvalue weighted by Gasteiger charge is 2.25. The first-order valence-electron chi connectivity index (χ1n) is 5.73. The molecule has 0 aliphatic rings. The van der Waals surface area contributed by atoms with Crippen LogP contribution in [-0.2, 0) is 4.74 Å². The largest absolute Gasteiger partial charge is 0.458 e. The Labute approximate surface area is 106 Å². The normalized spacial score (nSPS) is 13.8. The fraction of sp³-hybridized carbons (Fsp3) is 0.429. The van der Waals surface area contributed by atoms with Crippen molar-refractivity contribution >= 4 is 5.97 Å². The molecule has 0 aliphatic heterocycles. The molecule has 1 rings (SSSR count). The lowest BCUT2D eigenvalue weighted by Crippen LogP contribution is -2.25. The molecule has 96 valence electrons. The number of ether oxygens (including phenoxy) is 1. The Morgan fingerprint density at radius 1 is 1.44 bits per heavy atom. The monoisotopic (exact) mass is 249 g/mol. The summed E-state index contributed by atoms with van der Waals surface area (Å²) >= 11 is 0. The van der Waals surface area contributed by atoms with Crippen molar-refractivity contribution in [3.05, 3.63) is 35.4 Å². The van der Waals surface area contributed by atoms with Gasteiger partial charge in [0.2, 0.25) is 5.67 Å². The van der Waals surface area contributed by atoms with Gasteiger partial charge in [0, 0.05) is 0 Å². The van der Waals surface area contributed by atoms with Crippen molar-refractivity contribution in [2.75, 3.05) is 6.61 Å². The zero-order valence-corrected chi connectivity index (χ0v) is 10.7. The first kappa shape index (κ1) is 14.2. The van der Waals surface area contributed by atoms with Gasteiger partial charge in [-0.15, -0.1) is 0 Å². The number of hydrogen-bond acceptors (Lipinski definition) is 3. The molecule has 1 aromatic carbocycles. The van der Waals surface area contributed by atoms with Gasteiger partial charge in [-0.2, -0.15) is 5.26 Å². The summed E-state index contributed by atoms with van der Waals surface area (Å²) in [6.07, 6.45) is 0. The van der Waals surface area contributed by atoms with Crippen molar-refractivity contribution in [2.45, 2.75) is 32.4 Å². The number of halogens is 1. The van der Waals surface area contributed by atoms with Crippen LogP contribution in [0, 0.1) is 11.3 Å². The Balaban J connectivity index is 2.66. The number of carbonyl (C=O) groups excluding carboxylic acids is 1. The number of benzene rings is 1. The van der Waals surface area contributed by atoms with Gasteiger partial charge in [0.1, 0.15) is 12.7 Å². The summed E-state index contributed by atoms with van der Waals surface area (Å²) in [5, 5.41) is 8.46. The zero-order chi connectivity index (χ0) is 13.8. The molecule has 0 fully saturated rings. The average Bonchev–Trinajstić information content (AvgIpc) is 2.36. The highest BCUT2D eigenvalue weighted by atomic mass is 19.1. The van der Waals surface area contributed by atoms with Crippen molar-refractivity contribution in [3.8, 4) is 6.07 Å². The highest BCUT2D eigenvalue weighted by molar-refractivity contribution is 5.89. The predicted octanol–water partition coefficient (Wildman–Crippen LogP) is 3.22. The molecule has 0 heterocycles. The van der Waals surface area contributed by atoms with Gasteiger partial charge in [-0.25, -0.2) is 9.18 Å². The minimum absolute atomic E-state index is 0.355. The van der Waals surface area contributed by atoms with Crippen molar-refractivity contribution in [1.82, 2.24) is 0 Å². The fourth-order valence-corrected chi connectivity index (χ4v) is 1.32. The molecule has 3 nitrogen and oxygen atoms in total. The van der Waals surface area contributed by atoms with Crippen LogP contribution in [0.4, 0.5) is 4.39 Å². The Kier molecular flexibility index (Phi) is 4.43. The molecule has 0 spiro atoms. The van der Waals surface area contributed by atoms with E-state index in [1.807, 2.05) is 12.1 Å². The summed E-state index contributed by atoms with van der Waals surface area (Å²) in [5.41, 5.74) is -0.680. The third-order valence-electron chi connectivity index (χ3n) is 2.52. The van der Waals surface area contributed by atoms with Crippen molar-refractivity contribution in [3.63, 3.8) is 0 Å². The van der Waals surface area contributed by atoms with E-state index in [9.17, 15) is 9.18 Å². The Bertz CT molecular complexity index is 458. The standard InChI is InChI=1S/C14H16FNO2/c1-10(2)11-4-6-12(7-5-11)13(17)18-9-14(3,15)8-16/h4-7,10H,9H2,1-3H3/t14-/m1/s1. The molecule has 0 unspecified atom stereocenters. The van der Waals surface area contributed by atoms with E-state index in [-0.39, 0.29) is 0 Å². The summed E-state index contributed by atoms with van der Waals surface area (Å²) in [5.74, 6) is -0.243. The van der Waals surface area contributed by atoms with Gasteiger partial charge in [-0.05, 0) is 30.5 Å². The lowest BCUT2D eigenvalue weighted by Gasteiger charge is -2.12. The van der Waals surface area contributed by atoms with Crippen LogP contribution in [0.25, 0.3) is 0 Å². The van der Waals surface area contributed by atoms with E-state index in [4.69, 9.17) is 10.00 Å². The maximum absolute atomic E-state index is 13.2. The molecular weight excluding hydrogens is 233 g/mol. The van der Waals surface area contributed by atoms with Crippen LogP contribution in [0.2, 0.25) is 0 Å². The van der Waals surface area contributed by atoms with E-state index in [1.54, 1.807) is 12.1 Å². The molecule has 0 saturated carbocycles. The maximum Gasteiger partial charge on any atom is 0.338 e. The summed E-state index contributed by atoms with van der Waals surface area (Å²) in [6.45, 7) is 4.61. The second-order valence-electron chi connectivity index (χ2n) is 4.66. The molecule has 0 radical (unpaired) electrons. The Morgan fingerprint density at radius 2 is 2.00 bits per heavy atom. The van der Waals surface area contributed by atoms with Crippen LogP contribution in [0.3, 0.4) is 0 Å². The second kappa shape index (κ2) is 5.63. The van der Waals surface area contributed by atoms with Crippen molar-refractivity contribution in [1.29, 1.82) is 5.26 Å². The SMILES string of the molecule is CC(C)c1ccc(C(=O)OC[C@](C)(F)C#N)cc1. The van der Waals surface area contributed by atoms with Gasteiger partial charge in [-0.3, -0.25) is 0 Å². The molecule has 0 saturated heterocycles. The van der Waals surface area contributed by atoms with Crippen LogP contribution in [0.15, 0.2) is 24.3 Å². The number of nitriles is 1. The molecular formula is C14H16FNO2. The Hall–Kier alpha value is -1.89. The van der Waals surface area contributed by atoms with E-state index in [1.165, 1.54) is 6.07 Å². The topological polar surface area (TPSA) is 50.1 Å². The smallest absolute Gasteiger partial charge is 0.338 e. The number of carbonyl (C=O) groups is 1. The quantitative estimate of drug-likeness (QED) is 0.770. The van der Waals surface area contributed by atoms with Gasteiger partial charge in [0.05, 0.1) is 5.56 Å². The van der Waals surface area contributed by atoms with E-state index < -0.39 is 18.2 Å². The van der Waals surface area contributed by atoms with Gasteiger partial charge in [-0.1, -0.05) is 26.0 Å². The number of alkyl halides is 1. The summed E-state index contributed by atoms with van der Waals surface area (Å²) in [4.78, 5) is 11.6. The molecule has 18 heavy (non-hydrogen) atoms. The van der Waals surface area contributed by atoms with Crippen LogP contribution >= 0.6 is 0 Å². The first-order valence-corrected chi connectivity index (χ1v) is 5.73. The number of esters is 1. The lowest BCUT2D eigenvalue weighted by molar-refractivity contribution is 0.0326. The summed E-state index contributed by atoms with van der Waals surface area (Å²) in [6, 6.07) is 8.37. The maximum atomic E-state index is 13.2. The third-order valence-corrected chi connectivity index (χ3v) is 2.52. The van der Waals surface area contributed by atoms with Gasteiger partial charge in [0.25, 0.3) is 0 Å². The van der Waals surface area contributed by atoms with E-state index in [2.05, 4.69) is 13.8 Å². The van der Waals surface area contributed by atoms with Gasteiger partial charge >= 0.3 is 5.97 Å². The molecule has 1 aromatic rings. The summed E-state index contributed by atoms with van der Waals surface area (Å²) in [7, 11) is 0. The van der Waals surface area contributed by atoms with E-state index in [0.717, 1.165) is 12.5 Å². The summed E-state index contributed by atoms with van der Waals surface area (Å²) < 4.78 is 18.0. The van der Waals surface area contributed by atoms with E-state index >= 15 is 0 Å². The first-order chi connectivity index (χ1) is 8.35. The molecule has 0 amide bonds. The van der Waals surface area contributed by atoms with Crippen LogP contribution in [0.5, 0.6) is 0 Å². The van der Waals surface area contributed by atoms with Crippen molar-refractivity contribution < 1.29 is 13.9 Å². The molecule has 4 heteroatoms. The predicted molar refractivity (Wildman–Crippen MR) is 65.9 cm³/mol. The molecule has 1 atom stereocenters. The zero-order valence-electron chi connectivity index (χ0n) is 10.7. The molecule has 0 aliphatic carbocycles. The molecule has 0 N–H and O–H groups in total. The van der Waals surface area contributed by atoms with Crippen LogP contribution < -0.4 is 0 Å². The van der Waals surface area contributed by atoms with Crippen molar-refractivity contribution in [2.24, 2.45) is 0 Å². The number of rotatable bonds is 4. The Morgan fingerprint density at radius 3 is 2.44 bits per heavy atom. The fourth-order valence-electron chi connectivity index (χ4n) is 1.32. The third kappa shape index (κ3) is 3.85. The number of nitrogens with zero attached hydrogens (tertiary/aromatic N) is 1. The molecule has 0 bridgehead atoms. The van der Waals surface area contributed by atoms with Gasteiger partial charge < -0.3 is 4.74 Å². The average molecular weight is 249 g/mol. The lowest BCUT2D eigenvalue weighted by atomic mass is 10.0.